The molecule has 0 saturated carbocycles. The third kappa shape index (κ3) is 2.41. The highest BCUT2D eigenvalue weighted by atomic mass is 35.5. The fraction of sp³-hybridized carbons (Fsp3) is 0.333. The van der Waals surface area contributed by atoms with Gasteiger partial charge in [-0.2, -0.15) is 0 Å². The number of hydrogen-bond donors (Lipinski definition) is 0. The van der Waals surface area contributed by atoms with E-state index in [9.17, 15) is 13.6 Å². The van der Waals surface area contributed by atoms with Gasteiger partial charge in [-0.25, -0.2) is 18.6 Å². The van der Waals surface area contributed by atoms with E-state index in [1.807, 2.05) is 0 Å². The monoisotopic (exact) mass is 235 g/mol. The molecule has 1 rings (SSSR count). The molecule has 0 aliphatic carbocycles. The SMILES string of the molecule is COC(=O)c1cc(C(F)F)c(C)c(Cl)n1. The second-order valence-corrected chi connectivity index (χ2v) is 3.16. The summed E-state index contributed by atoms with van der Waals surface area (Å²) in [5.41, 5.74) is -0.363. The van der Waals surface area contributed by atoms with E-state index in [4.69, 9.17) is 11.6 Å². The van der Waals surface area contributed by atoms with Gasteiger partial charge >= 0.3 is 5.97 Å². The lowest BCUT2D eigenvalue weighted by Crippen LogP contribution is -2.07. The number of aromatic nitrogens is 1. The van der Waals surface area contributed by atoms with E-state index in [1.165, 1.54) is 6.92 Å². The Morgan fingerprint density at radius 3 is 2.67 bits per heavy atom. The van der Waals surface area contributed by atoms with Crippen LogP contribution >= 0.6 is 11.6 Å². The highest BCUT2D eigenvalue weighted by Crippen LogP contribution is 2.27. The van der Waals surface area contributed by atoms with Gasteiger partial charge in [0.05, 0.1) is 7.11 Å². The number of hydrogen-bond acceptors (Lipinski definition) is 3. The zero-order chi connectivity index (χ0) is 11.6. The van der Waals surface area contributed by atoms with Crippen molar-refractivity contribution in [2.75, 3.05) is 7.11 Å². The summed E-state index contributed by atoms with van der Waals surface area (Å²) in [5.74, 6) is -0.793. The molecule has 0 aliphatic heterocycles. The summed E-state index contributed by atoms with van der Waals surface area (Å²) >= 11 is 5.61. The first-order valence-corrected chi connectivity index (χ1v) is 4.38. The molecule has 6 heteroatoms. The van der Waals surface area contributed by atoms with Crippen molar-refractivity contribution >= 4 is 17.6 Å². The average Bonchev–Trinajstić information content (AvgIpc) is 2.20. The Kier molecular flexibility index (Phi) is 3.57. The van der Waals surface area contributed by atoms with Crippen molar-refractivity contribution in [3.8, 4) is 0 Å². The Hall–Kier alpha value is -1.23. The third-order valence-corrected chi connectivity index (χ3v) is 2.25. The Balaban J connectivity index is 3.29. The molecule has 1 aromatic heterocycles. The Bertz CT molecular complexity index is 396. The fourth-order valence-corrected chi connectivity index (χ4v) is 1.23. The van der Waals surface area contributed by atoms with Crippen molar-refractivity contribution in [1.29, 1.82) is 0 Å². The van der Waals surface area contributed by atoms with E-state index in [1.54, 1.807) is 0 Å². The standard InChI is InChI=1S/C9H8ClF2NO2/c1-4-5(8(11)12)3-6(9(14)15-2)13-7(4)10/h3,8H,1-2H3. The van der Waals surface area contributed by atoms with Crippen LogP contribution in [-0.2, 0) is 4.74 Å². The Labute approximate surface area is 90.0 Å². The van der Waals surface area contributed by atoms with Crippen molar-refractivity contribution in [3.05, 3.63) is 28.0 Å². The molecule has 0 aromatic carbocycles. The smallest absolute Gasteiger partial charge is 0.356 e. The van der Waals surface area contributed by atoms with E-state index >= 15 is 0 Å². The normalized spacial score (nSPS) is 10.5. The molecule has 15 heavy (non-hydrogen) atoms. The van der Waals surface area contributed by atoms with Crippen molar-refractivity contribution in [1.82, 2.24) is 4.98 Å². The largest absolute Gasteiger partial charge is 0.464 e. The quantitative estimate of drug-likeness (QED) is 0.585. The summed E-state index contributed by atoms with van der Waals surface area (Å²) < 4.78 is 29.4. The van der Waals surface area contributed by atoms with Gasteiger partial charge < -0.3 is 4.74 Å². The first-order chi connectivity index (χ1) is 6.97. The van der Waals surface area contributed by atoms with Crippen LogP contribution in [0.2, 0.25) is 5.15 Å². The molecule has 0 amide bonds. The number of nitrogens with zero attached hydrogens (tertiary/aromatic N) is 1. The Morgan fingerprint density at radius 1 is 1.60 bits per heavy atom. The van der Waals surface area contributed by atoms with E-state index in [0.717, 1.165) is 13.2 Å². The minimum absolute atomic E-state index is 0.117. The molecule has 0 aliphatic rings. The number of carbonyl (C=O) groups excluding carboxylic acids is 1. The summed E-state index contributed by atoms with van der Waals surface area (Å²) in [6.07, 6.45) is -2.70. The number of esters is 1. The number of carbonyl (C=O) groups is 1. The van der Waals surface area contributed by atoms with Crippen LogP contribution in [0.25, 0.3) is 0 Å². The summed E-state index contributed by atoms with van der Waals surface area (Å²) in [5, 5.41) is -0.117. The van der Waals surface area contributed by atoms with E-state index in [0.29, 0.717) is 0 Å². The number of alkyl halides is 2. The van der Waals surface area contributed by atoms with Crippen LogP contribution in [0.1, 0.15) is 28.0 Å². The molecule has 0 bridgehead atoms. The molecular formula is C9H8ClF2NO2. The van der Waals surface area contributed by atoms with Crippen molar-refractivity contribution in [3.63, 3.8) is 0 Å². The molecule has 0 atom stereocenters. The molecule has 0 spiro atoms. The predicted molar refractivity (Wildman–Crippen MR) is 50.3 cm³/mol. The lowest BCUT2D eigenvalue weighted by molar-refractivity contribution is 0.0593. The minimum Gasteiger partial charge on any atom is -0.464 e. The van der Waals surface area contributed by atoms with Gasteiger partial charge in [-0.05, 0) is 18.6 Å². The van der Waals surface area contributed by atoms with Gasteiger partial charge in [-0.1, -0.05) is 11.6 Å². The van der Waals surface area contributed by atoms with Gasteiger partial charge in [-0.15, -0.1) is 0 Å². The molecule has 82 valence electrons. The number of halogens is 3. The van der Waals surface area contributed by atoms with E-state index in [2.05, 4.69) is 9.72 Å². The second-order valence-electron chi connectivity index (χ2n) is 2.80. The zero-order valence-corrected chi connectivity index (χ0v) is 8.81. The summed E-state index contributed by atoms with van der Waals surface area (Å²) in [4.78, 5) is 14.7. The summed E-state index contributed by atoms with van der Waals surface area (Å²) in [6.45, 7) is 1.41. The molecule has 3 nitrogen and oxygen atoms in total. The lowest BCUT2D eigenvalue weighted by atomic mass is 10.1. The number of ether oxygens (including phenoxy) is 1. The third-order valence-electron chi connectivity index (χ3n) is 1.88. The highest BCUT2D eigenvalue weighted by molar-refractivity contribution is 6.30. The lowest BCUT2D eigenvalue weighted by Gasteiger charge is -2.08. The number of methoxy groups -OCH3 is 1. The van der Waals surface area contributed by atoms with Crippen LogP contribution in [0, 0.1) is 6.92 Å². The average molecular weight is 236 g/mol. The molecule has 0 radical (unpaired) electrons. The summed E-state index contributed by atoms with van der Waals surface area (Å²) in [6, 6.07) is 0.984. The second kappa shape index (κ2) is 4.53. The van der Waals surface area contributed by atoms with Crippen molar-refractivity contribution < 1.29 is 18.3 Å². The maximum absolute atomic E-state index is 12.5. The number of pyridine rings is 1. The molecule has 0 unspecified atom stereocenters. The van der Waals surface area contributed by atoms with E-state index < -0.39 is 12.4 Å². The van der Waals surface area contributed by atoms with Crippen LogP contribution in [0.4, 0.5) is 8.78 Å². The predicted octanol–water partition coefficient (Wildman–Crippen LogP) is 2.77. The van der Waals surface area contributed by atoms with Gasteiger partial charge in [0.2, 0.25) is 0 Å². The van der Waals surface area contributed by atoms with Crippen LogP contribution in [0.15, 0.2) is 6.07 Å². The van der Waals surface area contributed by atoms with Gasteiger partial charge in [-0.3, -0.25) is 0 Å². The first kappa shape index (κ1) is 11.8. The molecular weight excluding hydrogens is 228 g/mol. The highest BCUT2D eigenvalue weighted by Gasteiger charge is 2.18. The maximum atomic E-state index is 12.5. The van der Waals surface area contributed by atoms with Crippen molar-refractivity contribution in [2.24, 2.45) is 0 Å². The topological polar surface area (TPSA) is 39.2 Å². The van der Waals surface area contributed by atoms with Crippen LogP contribution in [-0.4, -0.2) is 18.1 Å². The minimum atomic E-state index is -2.70. The molecule has 1 aromatic rings. The van der Waals surface area contributed by atoms with Gasteiger partial charge in [0.15, 0.2) is 5.69 Å². The maximum Gasteiger partial charge on any atom is 0.356 e. The van der Waals surface area contributed by atoms with E-state index in [-0.39, 0.29) is 22.0 Å². The molecule has 0 fully saturated rings. The summed E-state index contributed by atoms with van der Waals surface area (Å²) in [7, 11) is 1.14. The zero-order valence-electron chi connectivity index (χ0n) is 8.05. The fourth-order valence-electron chi connectivity index (χ4n) is 1.03. The first-order valence-electron chi connectivity index (χ1n) is 4.01. The van der Waals surface area contributed by atoms with Crippen LogP contribution in [0.3, 0.4) is 0 Å². The molecule has 0 N–H and O–H groups in total. The van der Waals surface area contributed by atoms with Crippen LogP contribution < -0.4 is 0 Å². The molecule has 0 saturated heterocycles. The van der Waals surface area contributed by atoms with Gasteiger partial charge in [0.25, 0.3) is 6.43 Å². The van der Waals surface area contributed by atoms with Gasteiger partial charge in [0, 0.05) is 5.56 Å². The Morgan fingerprint density at radius 2 is 2.20 bits per heavy atom. The van der Waals surface area contributed by atoms with Gasteiger partial charge in [0.1, 0.15) is 5.15 Å². The molecule has 1 heterocycles. The van der Waals surface area contributed by atoms with Crippen LogP contribution in [0.5, 0.6) is 0 Å². The van der Waals surface area contributed by atoms with Crippen molar-refractivity contribution in [2.45, 2.75) is 13.3 Å². The number of rotatable bonds is 2.